The number of imide groups is 1. The van der Waals surface area contributed by atoms with E-state index in [0.717, 1.165) is 10.5 Å². The second-order valence-electron chi connectivity index (χ2n) is 6.40. The second-order valence-corrected chi connectivity index (χ2v) is 6.40. The third-order valence-electron chi connectivity index (χ3n) is 4.52. The number of aromatic nitrogens is 1. The van der Waals surface area contributed by atoms with Crippen LogP contribution in [0, 0.1) is 0 Å². The average Bonchev–Trinajstić information content (AvgIpc) is 2.99. The van der Waals surface area contributed by atoms with E-state index in [0.29, 0.717) is 23.7 Å². The number of pyridine rings is 1. The standard InChI is InChI=1S/C20H22N4O5/c1-28-16-6-4-3-5-13(16)9-10-24-19(26)15(23-20(24)27)11-17(25)22-14-7-8-18(29-2)21-12-14/h3-8,12,15H,9-11H2,1-2H3,(H,22,25)(H,23,27)/t15-/m0/s1. The van der Waals surface area contributed by atoms with E-state index in [4.69, 9.17) is 9.47 Å². The summed E-state index contributed by atoms with van der Waals surface area (Å²) in [6, 6.07) is 9.26. The van der Waals surface area contributed by atoms with Gasteiger partial charge in [0, 0.05) is 12.6 Å². The van der Waals surface area contributed by atoms with Gasteiger partial charge in [0.25, 0.3) is 5.91 Å². The van der Waals surface area contributed by atoms with Crippen molar-refractivity contribution in [1.82, 2.24) is 15.2 Å². The van der Waals surface area contributed by atoms with Gasteiger partial charge in [-0.3, -0.25) is 14.5 Å². The number of hydrogen-bond acceptors (Lipinski definition) is 6. The molecule has 1 aromatic heterocycles. The molecule has 0 unspecified atom stereocenters. The maximum absolute atomic E-state index is 12.6. The molecule has 2 aromatic rings. The number of benzene rings is 1. The molecule has 1 atom stereocenters. The summed E-state index contributed by atoms with van der Waals surface area (Å²) >= 11 is 0. The van der Waals surface area contributed by atoms with Gasteiger partial charge in [-0.05, 0) is 24.1 Å². The van der Waals surface area contributed by atoms with Gasteiger partial charge in [0.1, 0.15) is 11.8 Å². The number of anilines is 1. The molecule has 0 spiro atoms. The molecule has 2 N–H and O–H groups in total. The average molecular weight is 398 g/mol. The van der Waals surface area contributed by atoms with E-state index in [9.17, 15) is 14.4 Å². The minimum atomic E-state index is -0.897. The number of nitrogens with one attached hydrogen (secondary N) is 2. The van der Waals surface area contributed by atoms with Gasteiger partial charge in [-0.25, -0.2) is 9.78 Å². The van der Waals surface area contributed by atoms with Gasteiger partial charge >= 0.3 is 6.03 Å². The van der Waals surface area contributed by atoms with Crippen LogP contribution in [0.3, 0.4) is 0 Å². The van der Waals surface area contributed by atoms with Crippen molar-refractivity contribution >= 4 is 23.5 Å². The van der Waals surface area contributed by atoms with Crippen LogP contribution in [0.25, 0.3) is 0 Å². The maximum Gasteiger partial charge on any atom is 0.324 e. The lowest BCUT2D eigenvalue weighted by molar-refractivity contribution is -0.129. The van der Waals surface area contributed by atoms with E-state index in [1.54, 1.807) is 19.2 Å². The summed E-state index contributed by atoms with van der Waals surface area (Å²) < 4.78 is 10.2. The normalized spacial score (nSPS) is 15.8. The molecule has 1 aliphatic rings. The number of methoxy groups -OCH3 is 2. The zero-order valence-electron chi connectivity index (χ0n) is 16.2. The van der Waals surface area contributed by atoms with Gasteiger partial charge in [-0.15, -0.1) is 0 Å². The number of carbonyl (C=O) groups is 3. The largest absolute Gasteiger partial charge is 0.496 e. The smallest absolute Gasteiger partial charge is 0.324 e. The predicted octanol–water partition coefficient (Wildman–Crippen LogP) is 1.59. The monoisotopic (exact) mass is 398 g/mol. The summed E-state index contributed by atoms with van der Waals surface area (Å²) in [5.41, 5.74) is 1.37. The highest BCUT2D eigenvalue weighted by Crippen LogP contribution is 2.19. The van der Waals surface area contributed by atoms with Crippen molar-refractivity contribution in [3.8, 4) is 11.6 Å². The molecule has 152 valence electrons. The minimum absolute atomic E-state index is 0.165. The van der Waals surface area contributed by atoms with Gasteiger partial charge in [0.05, 0.1) is 32.5 Å². The van der Waals surface area contributed by atoms with Crippen molar-refractivity contribution in [2.45, 2.75) is 18.9 Å². The number of para-hydroxylation sites is 1. The number of ether oxygens (including phenoxy) is 2. The topological polar surface area (TPSA) is 110 Å². The summed E-state index contributed by atoms with van der Waals surface area (Å²) in [6.07, 6.45) is 1.74. The maximum atomic E-state index is 12.6. The lowest BCUT2D eigenvalue weighted by Gasteiger charge is -2.14. The van der Waals surface area contributed by atoms with E-state index in [2.05, 4.69) is 15.6 Å². The second kappa shape index (κ2) is 9.05. The van der Waals surface area contributed by atoms with Crippen LogP contribution in [0.5, 0.6) is 11.6 Å². The SMILES string of the molecule is COc1ccc(NC(=O)C[C@@H]2NC(=O)N(CCc3ccccc3OC)C2=O)cn1. The van der Waals surface area contributed by atoms with Gasteiger partial charge in [0.2, 0.25) is 11.8 Å². The van der Waals surface area contributed by atoms with Crippen LogP contribution in [0.1, 0.15) is 12.0 Å². The van der Waals surface area contributed by atoms with Crippen LogP contribution in [-0.4, -0.2) is 54.5 Å². The molecule has 0 saturated carbocycles. The fourth-order valence-corrected chi connectivity index (χ4v) is 3.04. The number of hydrogen-bond donors (Lipinski definition) is 2. The zero-order valence-corrected chi connectivity index (χ0v) is 16.2. The van der Waals surface area contributed by atoms with Crippen molar-refractivity contribution in [2.75, 3.05) is 26.1 Å². The van der Waals surface area contributed by atoms with E-state index < -0.39 is 23.9 Å². The molecule has 1 saturated heterocycles. The fraction of sp³-hybridized carbons (Fsp3) is 0.300. The number of rotatable bonds is 8. The highest BCUT2D eigenvalue weighted by atomic mass is 16.5. The van der Waals surface area contributed by atoms with Crippen LogP contribution < -0.4 is 20.1 Å². The minimum Gasteiger partial charge on any atom is -0.496 e. The van der Waals surface area contributed by atoms with Gasteiger partial charge in [-0.2, -0.15) is 0 Å². The highest BCUT2D eigenvalue weighted by molar-refractivity contribution is 6.06. The zero-order chi connectivity index (χ0) is 20.8. The molecule has 29 heavy (non-hydrogen) atoms. The molecule has 0 bridgehead atoms. The Morgan fingerprint density at radius 2 is 1.97 bits per heavy atom. The number of nitrogens with zero attached hydrogens (tertiary/aromatic N) is 2. The first-order valence-corrected chi connectivity index (χ1v) is 9.05. The first-order valence-electron chi connectivity index (χ1n) is 9.05. The highest BCUT2D eigenvalue weighted by Gasteiger charge is 2.38. The van der Waals surface area contributed by atoms with Crippen molar-refractivity contribution in [2.24, 2.45) is 0 Å². The van der Waals surface area contributed by atoms with E-state index in [1.165, 1.54) is 13.3 Å². The number of carbonyl (C=O) groups excluding carboxylic acids is 3. The van der Waals surface area contributed by atoms with E-state index in [-0.39, 0.29) is 13.0 Å². The van der Waals surface area contributed by atoms with Gasteiger partial charge in [-0.1, -0.05) is 18.2 Å². The van der Waals surface area contributed by atoms with Crippen LogP contribution in [0.15, 0.2) is 42.6 Å². The van der Waals surface area contributed by atoms with E-state index in [1.807, 2.05) is 24.3 Å². The molecule has 1 aromatic carbocycles. The first-order chi connectivity index (χ1) is 14.0. The quantitative estimate of drug-likeness (QED) is 0.654. The lowest BCUT2D eigenvalue weighted by Crippen LogP contribution is -2.35. The van der Waals surface area contributed by atoms with Crippen LogP contribution >= 0.6 is 0 Å². The summed E-state index contributed by atoms with van der Waals surface area (Å²) in [5.74, 6) is 0.297. The molecule has 0 aliphatic carbocycles. The molecular weight excluding hydrogens is 376 g/mol. The molecule has 9 nitrogen and oxygen atoms in total. The summed E-state index contributed by atoms with van der Waals surface area (Å²) in [7, 11) is 3.06. The van der Waals surface area contributed by atoms with Gasteiger partial charge in [0.15, 0.2) is 0 Å². The Morgan fingerprint density at radius 1 is 1.17 bits per heavy atom. The Morgan fingerprint density at radius 3 is 2.66 bits per heavy atom. The van der Waals surface area contributed by atoms with Crippen LogP contribution in [0.4, 0.5) is 10.5 Å². The summed E-state index contributed by atoms with van der Waals surface area (Å²) in [4.78, 5) is 42.1. The van der Waals surface area contributed by atoms with Crippen molar-refractivity contribution in [3.63, 3.8) is 0 Å². The Bertz CT molecular complexity index is 900. The Balaban J connectivity index is 1.55. The van der Waals surface area contributed by atoms with E-state index >= 15 is 0 Å². The third-order valence-corrected chi connectivity index (χ3v) is 4.52. The van der Waals surface area contributed by atoms with Crippen LogP contribution in [0.2, 0.25) is 0 Å². The molecular formula is C20H22N4O5. The fourth-order valence-electron chi connectivity index (χ4n) is 3.04. The Labute approximate surface area is 168 Å². The molecule has 1 fully saturated rings. The number of amides is 4. The predicted molar refractivity (Wildman–Crippen MR) is 105 cm³/mol. The summed E-state index contributed by atoms with van der Waals surface area (Å²) in [5, 5.41) is 5.21. The first kappa shape index (κ1) is 20.1. The molecule has 1 aliphatic heterocycles. The van der Waals surface area contributed by atoms with Crippen molar-refractivity contribution in [3.05, 3.63) is 48.2 Å². The van der Waals surface area contributed by atoms with Crippen LogP contribution in [-0.2, 0) is 16.0 Å². The van der Waals surface area contributed by atoms with Crippen molar-refractivity contribution in [1.29, 1.82) is 0 Å². The Hall–Kier alpha value is -3.62. The van der Waals surface area contributed by atoms with Gasteiger partial charge < -0.3 is 20.1 Å². The third kappa shape index (κ3) is 4.81. The summed E-state index contributed by atoms with van der Waals surface area (Å²) in [6.45, 7) is 0.200. The molecule has 9 heteroatoms. The lowest BCUT2D eigenvalue weighted by atomic mass is 10.1. The molecule has 3 rings (SSSR count). The molecule has 2 heterocycles. The molecule has 0 radical (unpaired) electrons. The molecule has 4 amide bonds. The number of urea groups is 1. The Kier molecular flexibility index (Phi) is 6.28. The van der Waals surface area contributed by atoms with Crippen molar-refractivity contribution < 1.29 is 23.9 Å².